The van der Waals surface area contributed by atoms with Crippen LogP contribution in [0.2, 0.25) is 20.1 Å². The summed E-state index contributed by atoms with van der Waals surface area (Å²) in [6.45, 7) is 0.184. The van der Waals surface area contributed by atoms with Crippen LogP contribution < -0.4 is 11.1 Å². The molecule has 0 radical (unpaired) electrons. The summed E-state index contributed by atoms with van der Waals surface area (Å²) in [6, 6.07) is 10.8. The molecular formula is C17H15Cl4N3O2. The van der Waals surface area contributed by atoms with Crippen LogP contribution in [-0.2, 0) is 16.1 Å². The molecule has 0 aliphatic heterocycles. The summed E-state index contributed by atoms with van der Waals surface area (Å²) >= 11 is 24.1. The van der Waals surface area contributed by atoms with Crippen LogP contribution in [-0.4, -0.2) is 29.8 Å². The van der Waals surface area contributed by atoms with Gasteiger partial charge in [-0.15, -0.1) is 0 Å². The van der Waals surface area contributed by atoms with Gasteiger partial charge in [-0.3, -0.25) is 14.5 Å². The minimum absolute atomic E-state index is 0.0823. The van der Waals surface area contributed by atoms with E-state index in [4.69, 9.17) is 52.1 Å². The predicted octanol–water partition coefficient (Wildman–Crippen LogP) is 4.23. The van der Waals surface area contributed by atoms with Gasteiger partial charge in [0.15, 0.2) is 0 Å². The van der Waals surface area contributed by atoms with E-state index < -0.39 is 11.8 Å². The van der Waals surface area contributed by atoms with Crippen molar-refractivity contribution < 1.29 is 9.59 Å². The minimum Gasteiger partial charge on any atom is -0.369 e. The summed E-state index contributed by atoms with van der Waals surface area (Å²) in [5.74, 6) is -0.986. The van der Waals surface area contributed by atoms with Gasteiger partial charge in [-0.25, -0.2) is 0 Å². The van der Waals surface area contributed by atoms with Crippen molar-refractivity contribution in [3.63, 3.8) is 0 Å². The molecular weight excluding hydrogens is 420 g/mol. The molecule has 0 spiro atoms. The van der Waals surface area contributed by atoms with Gasteiger partial charge < -0.3 is 11.1 Å². The number of carbonyl (C=O) groups is 2. The molecule has 0 aliphatic rings. The lowest BCUT2D eigenvalue weighted by atomic mass is 10.2. The van der Waals surface area contributed by atoms with Gasteiger partial charge in [0, 0.05) is 6.54 Å². The Morgan fingerprint density at radius 1 is 0.962 bits per heavy atom. The molecule has 2 aromatic carbocycles. The fraction of sp³-hybridized carbons (Fsp3) is 0.176. The quantitative estimate of drug-likeness (QED) is 0.640. The van der Waals surface area contributed by atoms with Crippen molar-refractivity contribution in [2.75, 3.05) is 18.4 Å². The highest BCUT2D eigenvalue weighted by Gasteiger charge is 2.19. The number of benzene rings is 2. The number of hydrogen-bond acceptors (Lipinski definition) is 3. The zero-order valence-corrected chi connectivity index (χ0v) is 16.5. The highest BCUT2D eigenvalue weighted by Crippen LogP contribution is 2.40. The molecule has 0 saturated carbocycles. The summed E-state index contributed by atoms with van der Waals surface area (Å²) in [7, 11) is 0. The Hall–Kier alpha value is -1.50. The van der Waals surface area contributed by atoms with Crippen LogP contribution in [0.25, 0.3) is 0 Å². The molecule has 0 fully saturated rings. The van der Waals surface area contributed by atoms with E-state index in [9.17, 15) is 9.59 Å². The highest BCUT2D eigenvalue weighted by atomic mass is 35.5. The summed E-state index contributed by atoms with van der Waals surface area (Å²) in [5, 5.41) is 3.07. The van der Waals surface area contributed by atoms with E-state index in [0.29, 0.717) is 6.54 Å². The van der Waals surface area contributed by atoms with E-state index in [1.807, 2.05) is 30.3 Å². The lowest BCUT2D eigenvalue weighted by Crippen LogP contribution is -2.38. The number of halogens is 4. The summed E-state index contributed by atoms with van der Waals surface area (Å²) in [6.07, 6.45) is 0. The molecule has 3 N–H and O–H groups in total. The summed E-state index contributed by atoms with van der Waals surface area (Å²) < 4.78 is 0. The summed E-state index contributed by atoms with van der Waals surface area (Å²) in [4.78, 5) is 25.3. The van der Waals surface area contributed by atoms with Crippen molar-refractivity contribution in [2.45, 2.75) is 6.54 Å². The zero-order chi connectivity index (χ0) is 19.3. The maximum atomic E-state index is 12.4. The molecule has 0 aliphatic carbocycles. The van der Waals surface area contributed by atoms with Crippen LogP contribution in [0.3, 0.4) is 0 Å². The van der Waals surface area contributed by atoms with Gasteiger partial charge in [0.1, 0.15) is 0 Å². The monoisotopic (exact) mass is 433 g/mol. The number of hydrogen-bond donors (Lipinski definition) is 2. The Balaban J connectivity index is 2.14. The number of rotatable bonds is 7. The van der Waals surface area contributed by atoms with E-state index in [1.165, 1.54) is 6.07 Å². The molecule has 0 atom stereocenters. The van der Waals surface area contributed by atoms with E-state index in [0.717, 1.165) is 5.56 Å². The largest absolute Gasteiger partial charge is 0.369 e. The molecule has 0 aromatic heterocycles. The van der Waals surface area contributed by atoms with E-state index in [-0.39, 0.29) is 38.9 Å². The first kappa shape index (κ1) is 20.8. The third kappa shape index (κ3) is 5.76. The van der Waals surface area contributed by atoms with Crippen molar-refractivity contribution in [3.8, 4) is 0 Å². The third-order valence-corrected chi connectivity index (χ3v) is 4.95. The number of carbonyl (C=O) groups excluding carboxylic acids is 2. The molecule has 9 heteroatoms. The fourth-order valence-electron chi connectivity index (χ4n) is 2.29. The molecule has 26 heavy (non-hydrogen) atoms. The number of primary amides is 1. The van der Waals surface area contributed by atoms with Gasteiger partial charge in [0.2, 0.25) is 11.8 Å². The number of nitrogens with two attached hydrogens (primary N) is 1. The molecule has 5 nitrogen and oxygen atoms in total. The Labute approximate surface area is 170 Å². The second-order valence-electron chi connectivity index (χ2n) is 5.49. The van der Waals surface area contributed by atoms with Gasteiger partial charge in [-0.1, -0.05) is 76.7 Å². The average molecular weight is 435 g/mol. The average Bonchev–Trinajstić information content (AvgIpc) is 2.57. The Morgan fingerprint density at radius 2 is 1.54 bits per heavy atom. The van der Waals surface area contributed by atoms with Crippen molar-refractivity contribution in [3.05, 3.63) is 62.1 Å². The van der Waals surface area contributed by atoms with Crippen LogP contribution in [0.15, 0.2) is 36.4 Å². The Morgan fingerprint density at radius 3 is 2.08 bits per heavy atom. The standard InChI is InChI=1S/C17H15Cl4N3O2/c18-11-6-12(19)16(21)17(15(11)20)23-14(26)9-24(8-13(22)25)7-10-4-2-1-3-5-10/h1-6H,7-9H2,(H2,22,25)(H,23,26). The SMILES string of the molecule is NC(=O)CN(CC(=O)Nc1c(Cl)c(Cl)cc(Cl)c1Cl)Cc1ccccc1. The Bertz CT molecular complexity index is 789. The molecule has 0 heterocycles. The second kappa shape index (κ2) is 9.44. The van der Waals surface area contributed by atoms with Gasteiger partial charge in [-0.05, 0) is 11.6 Å². The van der Waals surface area contributed by atoms with Gasteiger partial charge in [-0.2, -0.15) is 0 Å². The van der Waals surface area contributed by atoms with Crippen LogP contribution in [0.4, 0.5) is 5.69 Å². The summed E-state index contributed by atoms with van der Waals surface area (Å²) in [5.41, 5.74) is 6.33. The van der Waals surface area contributed by atoms with E-state index in [1.54, 1.807) is 4.90 Å². The smallest absolute Gasteiger partial charge is 0.238 e. The molecule has 0 saturated heterocycles. The predicted molar refractivity (Wildman–Crippen MR) is 106 cm³/mol. The number of nitrogens with zero attached hydrogens (tertiary/aromatic N) is 1. The molecule has 0 unspecified atom stereocenters. The van der Waals surface area contributed by atoms with Crippen LogP contribution >= 0.6 is 46.4 Å². The van der Waals surface area contributed by atoms with Crippen LogP contribution in [0.1, 0.15) is 5.56 Å². The normalized spacial score (nSPS) is 10.8. The third-order valence-electron chi connectivity index (χ3n) is 3.37. The molecule has 2 rings (SSSR count). The number of amides is 2. The van der Waals surface area contributed by atoms with Gasteiger partial charge in [0.25, 0.3) is 0 Å². The molecule has 2 aromatic rings. The van der Waals surface area contributed by atoms with Crippen molar-refractivity contribution >= 4 is 63.9 Å². The first-order valence-electron chi connectivity index (χ1n) is 7.45. The Kier molecular flexibility index (Phi) is 7.55. The van der Waals surface area contributed by atoms with Crippen molar-refractivity contribution in [1.29, 1.82) is 0 Å². The highest BCUT2D eigenvalue weighted by molar-refractivity contribution is 6.50. The second-order valence-corrected chi connectivity index (χ2v) is 7.06. The van der Waals surface area contributed by atoms with Crippen molar-refractivity contribution in [2.24, 2.45) is 5.73 Å². The first-order chi connectivity index (χ1) is 12.3. The maximum absolute atomic E-state index is 12.4. The van der Waals surface area contributed by atoms with Crippen LogP contribution in [0, 0.1) is 0 Å². The molecule has 0 bridgehead atoms. The number of anilines is 1. The van der Waals surface area contributed by atoms with Gasteiger partial charge in [0.05, 0.1) is 38.9 Å². The van der Waals surface area contributed by atoms with Gasteiger partial charge >= 0.3 is 0 Å². The molecule has 2 amide bonds. The topological polar surface area (TPSA) is 75.4 Å². The zero-order valence-electron chi connectivity index (χ0n) is 13.4. The van der Waals surface area contributed by atoms with E-state index >= 15 is 0 Å². The number of nitrogens with one attached hydrogen (secondary N) is 1. The lowest BCUT2D eigenvalue weighted by Gasteiger charge is -2.21. The minimum atomic E-state index is -0.546. The van der Waals surface area contributed by atoms with Crippen molar-refractivity contribution in [1.82, 2.24) is 4.90 Å². The maximum Gasteiger partial charge on any atom is 0.238 e. The fourth-order valence-corrected chi connectivity index (χ4v) is 3.20. The van der Waals surface area contributed by atoms with Crippen LogP contribution in [0.5, 0.6) is 0 Å². The molecule has 138 valence electrons. The first-order valence-corrected chi connectivity index (χ1v) is 8.96. The lowest BCUT2D eigenvalue weighted by molar-refractivity contribution is -0.121. The van der Waals surface area contributed by atoms with E-state index in [2.05, 4.69) is 5.32 Å².